The van der Waals surface area contributed by atoms with Crippen LogP contribution in [0.1, 0.15) is 5.56 Å². The number of amides is 1. The molecular formula is C11H13FN2O3. The summed E-state index contributed by atoms with van der Waals surface area (Å²) in [5, 5.41) is 10.9. The Labute approximate surface area is 97.4 Å². The van der Waals surface area contributed by atoms with Gasteiger partial charge < -0.3 is 16.2 Å². The quantitative estimate of drug-likeness (QED) is 0.670. The van der Waals surface area contributed by atoms with Crippen molar-refractivity contribution in [3.8, 4) is 0 Å². The van der Waals surface area contributed by atoms with Crippen molar-refractivity contribution in [1.29, 1.82) is 0 Å². The number of carboxylic acid groups (broad SMARTS) is 1. The molecule has 6 heteroatoms. The van der Waals surface area contributed by atoms with Gasteiger partial charge in [-0.1, -0.05) is 12.1 Å². The summed E-state index contributed by atoms with van der Waals surface area (Å²) in [6, 6.07) is 4.38. The van der Waals surface area contributed by atoms with Crippen molar-refractivity contribution in [3.05, 3.63) is 35.6 Å². The normalized spacial score (nSPS) is 11.9. The zero-order chi connectivity index (χ0) is 12.8. The maximum absolute atomic E-state index is 12.6. The van der Waals surface area contributed by atoms with Crippen LogP contribution in [0, 0.1) is 5.82 Å². The molecule has 0 fully saturated rings. The molecule has 0 heterocycles. The van der Waals surface area contributed by atoms with E-state index in [1.807, 2.05) is 0 Å². The lowest BCUT2D eigenvalue weighted by molar-refractivity contribution is -0.138. The Hall–Kier alpha value is -1.95. The van der Waals surface area contributed by atoms with Crippen LogP contribution in [0.5, 0.6) is 0 Å². The average Bonchev–Trinajstić information content (AvgIpc) is 2.29. The first-order valence-corrected chi connectivity index (χ1v) is 4.98. The maximum Gasteiger partial charge on any atom is 0.322 e. The molecular weight excluding hydrogens is 227 g/mol. The fourth-order valence-corrected chi connectivity index (χ4v) is 1.16. The van der Waals surface area contributed by atoms with Crippen LogP contribution < -0.4 is 11.1 Å². The van der Waals surface area contributed by atoms with Gasteiger partial charge in [0.2, 0.25) is 5.91 Å². The van der Waals surface area contributed by atoms with Gasteiger partial charge in [-0.3, -0.25) is 9.59 Å². The first-order valence-electron chi connectivity index (χ1n) is 4.98. The molecule has 0 aliphatic rings. The van der Waals surface area contributed by atoms with Crippen molar-refractivity contribution in [2.75, 3.05) is 6.54 Å². The third-order valence-corrected chi connectivity index (χ3v) is 2.11. The molecule has 0 radical (unpaired) electrons. The third-order valence-electron chi connectivity index (χ3n) is 2.11. The van der Waals surface area contributed by atoms with Gasteiger partial charge in [0.1, 0.15) is 11.9 Å². The monoisotopic (exact) mass is 240 g/mol. The molecule has 0 bridgehead atoms. The Morgan fingerprint density at radius 1 is 1.35 bits per heavy atom. The number of carboxylic acids is 1. The fourth-order valence-electron chi connectivity index (χ4n) is 1.16. The second-order valence-electron chi connectivity index (χ2n) is 3.55. The summed E-state index contributed by atoms with van der Waals surface area (Å²) in [6.07, 6.45) is 0.0621. The summed E-state index contributed by atoms with van der Waals surface area (Å²) in [6.45, 7) is -0.130. The van der Waals surface area contributed by atoms with Crippen LogP contribution in [0.3, 0.4) is 0 Å². The van der Waals surface area contributed by atoms with Gasteiger partial charge >= 0.3 is 5.97 Å². The van der Waals surface area contributed by atoms with E-state index < -0.39 is 12.0 Å². The van der Waals surface area contributed by atoms with E-state index in [4.69, 9.17) is 10.8 Å². The molecule has 1 aromatic carbocycles. The Morgan fingerprint density at radius 2 is 1.94 bits per heavy atom. The second-order valence-corrected chi connectivity index (χ2v) is 3.55. The SMILES string of the molecule is NC(CNC(=O)Cc1ccc(F)cc1)C(=O)O. The van der Waals surface area contributed by atoms with Crippen molar-refractivity contribution in [2.24, 2.45) is 5.73 Å². The van der Waals surface area contributed by atoms with Gasteiger partial charge in [-0.25, -0.2) is 4.39 Å². The Bertz CT molecular complexity index is 406. The predicted octanol–water partition coefficient (Wildman–Crippen LogP) is -0.104. The molecule has 0 saturated carbocycles. The minimum atomic E-state index is -1.17. The molecule has 0 saturated heterocycles. The molecule has 0 aromatic heterocycles. The fraction of sp³-hybridized carbons (Fsp3) is 0.273. The number of carbonyl (C=O) groups is 2. The lowest BCUT2D eigenvalue weighted by Crippen LogP contribution is -2.42. The minimum absolute atomic E-state index is 0.0621. The maximum atomic E-state index is 12.6. The number of hydrogen-bond acceptors (Lipinski definition) is 3. The molecule has 1 unspecified atom stereocenters. The standard InChI is InChI=1S/C11H13FN2O3/c12-8-3-1-7(2-4-8)5-10(15)14-6-9(13)11(16)17/h1-4,9H,5-6,13H2,(H,14,15)(H,16,17). The first kappa shape index (κ1) is 13.1. The van der Waals surface area contributed by atoms with Gasteiger partial charge in [0.05, 0.1) is 6.42 Å². The van der Waals surface area contributed by atoms with Gasteiger partial charge in [0.25, 0.3) is 0 Å². The molecule has 5 nitrogen and oxygen atoms in total. The second kappa shape index (κ2) is 5.95. The summed E-state index contributed by atoms with van der Waals surface area (Å²) in [7, 11) is 0. The molecule has 0 aliphatic carbocycles. The molecule has 0 aliphatic heterocycles. The summed E-state index contributed by atoms with van der Waals surface area (Å²) in [5.74, 6) is -1.90. The highest BCUT2D eigenvalue weighted by molar-refractivity contribution is 5.80. The zero-order valence-electron chi connectivity index (χ0n) is 9.02. The van der Waals surface area contributed by atoms with Gasteiger partial charge in [0.15, 0.2) is 0 Å². The van der Waals surface area contributed by atoms with E-state index in [-0.39, 0.29) is 24.7 Å². The highest BCUT2D eigenvalue weighted by Gasteiger charge is 2.12. The predicted molar refractivity (Wildman–Crippen MR) is 58.7 cm³/mol. The van der Waals surface area contributed by atoms with Crippen molar-refractivity contribution < 1.29 is 19.1 Å². The third kappa shape index (κ3) is 4.60. The molecule has 1 rings (SSSR count). The van der Waals surface area contributed by atoms with E-state index in [1.54, 1.807) is 0 Å². The lowest BCUT2D eigenvalue weighted by Gasteiger charge is -2.08. The molecule has 4 N–H and O–H groups in total. The Kier molecular flexibility index (Phi) is 4.59. The topological polar surface area (TPSA) is 92.4 Å². The van der Waals surface area contributed by atoms with Crippen LogP contribution in [0.15, 0.2) is 24.3 Å². The van der Waals surface area contributed by atoms with E-state index >= 15 is 0 Å². The van der Waals surface area contributed by atoms with E-state index in [2.05, 4.69) is 5.32 Å². The first-order chi connectivity index (χ1) is 7.99. The molecule has 17 heavy (non-hydrogen) atoms. The summed E-state index contributed by atoms with van der Waals surface area (Å²) in [4.78, 5) is 21.8. The van der Waals surface area contributed by atoms with Gasteiger partial charge in [-0.05, 0) is 17.7 Å². The van der Waals surface area contributed by atoms with Crippen molar-refractivity contribution in [3.63, 3.8) is 0 Å². The number of carbonyl (C=O) groups excluding carboxylic acids is 1. The van der Waals surface area contributed by atoms with Gasteiger partial charge in [-0.15, -0.1) is 0 Å². The molecule has 92 valence electrons. The smallest absolute Gasteiger partial charge is 0.322 e. The van der Waals surface area contributed by atoms with Crippen LogP contribution >= 0.6 is 0 Å². The average molecular weight is 240 g/mol. The van der Waals surface area contributed by atoms with Crippen molar-refractivity contribution >= 4 is 11.9 Å². The molecule has 0 spiro atoms. The van der Waals surface area contributed by atoms with E-state index in [9.17, 15) is 14.0 Å². The summed E-state index contributed by atoms with van der Waals surface area (Å²) < 4.78 is 12.6. The van der Waals surface area contributed by atoms with Crippen LogP contribution in [-0.4, -0.2) is 29.6 Å². The lowest BCUT2D eigenvalue weighted by atomic mass is 10.1. The zero-order valence-corrected chi connectivity index (χ0v) is 9.02. The number of benzene rings is 1. The minimum Gasteiger partial charge on any atom is -0.480 e. The van der Waals surface area contributed by atoms with Crippen LogP contribution in [0.25, 0.3) is 0 Å². The Balaban J connectivity index is 2.39. The van der Waals surface area contributed by atoms with E-state index in [1.165, 1.54) is 24.3 Å². The highest BCUT2D eigenvalue weighted by atomic mass is 19.1. The molecule has 1 atom stereocenters. The highest BCUT2D eigenvalue weighted by Crippen LogP contribution is 2.03. The van der Waals surface area contributed by atoms with Crippen LogP contribution in [0.4, 0.5) is 4.39 Å². The Morgan fingerprint density at radius 3 is 2.47 bits per heavy atom. The molecule has 1 aromatic rings. The number of aliphatic carboxylic acids is 1. The number of halogens is 1. The summed E-state index contributed by atoms with van der Waals surface area (Å²) in [5.41, 5.74) is 5.86. The summed E-state index contributed by atoms with van der Waals surface area (Å²) >= 11 is 0. The molecule has 1 amide bonds. The van der Waals surface area contributed by atoms with Crippen molar-refractivity contribution in [1.82, 2.24) is 5.32 Å². The number of rotatable bonds is 5. The van der Waals surface area contributed by atoms with Crippen LogP contribution in [0.2, 0.25) is 0 Å². The van der Waals surface area contributed by atoms with Crippen molar-refractivity contribution in [2.45, 2.75) is 12.5 Å². The largest absolute Gasteiger partial charge is 0.480 e. The van der Waals surface area contributed by atoms with E-state index in [0.717, 1.165) is 0 Å². The number of hydrogen-bond donors (Lipinski definition) is 3. The van der Waals surface area contributed by atoms with Gasteiger partial charge in [-0.2, -0.15) is 0 Å². The number of nitrogens with two attached hydrogens (primary N) is 1. The van der Waals surface area contributed by atoms with E-state index in [0.29, 0.717) is 5.56 Å². The van der Waals surface area contributed by atoms with Crippen LogP contribution in [-0.2, 0) is 16.0 Å². The van der Waals surface area contributed by atoms with Gasteiger partial charge in [0, 0.05) is 6.54 Å². The number of nitrogens with one attached hydrogen (secondary N) is 1.